The number of phenolic OH excluding ortho intramolecular Hbond substituents is 1. The van der Waals surface area contributed by atoms with Crippen LogP contribution in [0.2, 0.25) is 0 Å². The number of halogens is 2. The Labute approximate surface area is 136 Å². The molecule has 0 aliphatic heterocycles. The van der Waals surface area contributed by atoms with Crippen LogP contribution in [0.15, 0.2) is 66.7 Å². The highest BCUT2D eigenvalue weighted by Gasteiger charge is 2.21. The van der Waals surface area contributed by atoms with Crippen molar-refractivity contribution in [3.8, 4) is 22.8 Å². The van der Waals surface area contributed by atoms with Crippen LogP contribution in [0.4, 0.5) is 8.78 Å². The van der Waals surface area contributed by atoms with E-state index in [2.05, 4.69) is 4.98 Å². The molecule has 0 saturated heterocycles. The number of imidazole rings is 1. The number of hydrogen-bond donors (Lipinski definition) is 1. The Balaban J connectivity index is 2.15. The lowest BCUT2D eigenvalue weighted by molar-refractivity contribution is 0.476. The molecule has 0 saturated carbocycles. The number of fused-ring (bicyclic) bond motifs is 1. The van der Waals surface area contributed by atoms with Crippen LogP contribution in [0.1, 0.15) is 0 Å². The minimum Gasteiger partial charge on any atom is -0.507 e. The van der Waals surface area contributed by atoms with E-state index in [-0.39, 0.29) is 17.3 Å². The quantitative estimate of drug-likeness (QED) is 0.582. The highest BCUT2D eigenvalue weighted by atomic mass is 19.1. The normalized spacial score (nSPS) is 11.1. The molecule has 0 aliphatic rings. The molecule has 3 aromatic carbocycles. The molecule has 4 rings (SSSR count). The number of nitrogens with zero attached hydrogens (tertiary/aromatic N) is 2. The van der Waals surface area contributed by atoms with Gasteiger partial charge >= 0.3 is 0 Å². The van der Waals surface area contributed by atoms with E-state index in [1.807, 2.05) is 0 Å². The molecule has 0 fully saturated rings. The van der Waals surface area contributed by atoms with Crippen LogP contribution >= 0.6 is 0 Å². The third-order valence-corrected chi connectivity index (χ3v) is 3.87. The molecule has 0 bridgehead atoms. The summed E-state index contributed by atoms with van der Waals surface area (Å²) in [6.07, 6.45) is 0. The molecule has 118 valence electrons. The van der Waals surface area contributed by atoms with E-state index in [1.54, 1.807) is 42.5 Å². The SMILES string of the molecule is Oc1ccccc1-c1nc2ccccc2n1-c1c(F)cccc1F. The minimum absolute atomic E-state index is 0.00852. The molecular weight excluding hydrogens is 310 g/mol. The summed E-state index contributed by atoms with van der Waals surface area (Å²) in [6, 6.07) is 17.3. The number of aromatic nitrogens is 2. The maximum atomic E-state index is 14.4. The molecule has 4 aromatic rings. The number of phenols is 1. The molecule has 1 aromatic heterocycles. The van der Waals surface area contributed by atoms with Gasteiger partial charge in [-0.3, -0.25) is 4.57 Å². The highest BCUT2D eigenvalue weighted by molar-refractivity contribution is 5.84. The number of benzene rings is 3. The average Bonchev–Trinajstić information content (AvgIpc) is 2.94. The summed E-state index contributed by atoms with van der Waals surface area (Å²) in [4.78, 5) is 4.47. The van der Waals surface area contributed by atoms with Crippen LogP contribution in [-0.4, -0.2) is 14.7 Å². The summed E-state index contributed by atoms with van der Waals surface area (Å²) in [6.45, 7) is 0. The van der Waals surface area contributed by atoms with Crippen molar-refractivity contribution in [1.29, 1.82) is 0 Å². The van der Waals surface area contributed by atoms with Gasteiger partial charge in [0, 0.05) is 0 Å². The second kappa shape index (κ2) is 5.45. The van der Waals surface area contributed by atoms with Gasteiger partial charge in [0.2, 0.25) is 0 Å². The Morgan fingerprint density at radius 2 is 1.46 bits per heavy atom. The monoisotopic (exact) mass is 322 g/mol. The number of rotatable bonds is 2. The fourth-order valence-corrected chi connectivity index (χ4v) is 2.80. The van der Waals surface area contributed by atoms with Crippen molar-refractivity contribution in [3.05, 3.63) is 78.4 Å². The van der Waals surface area contributed by atoms with Crippen molar-refractivity contribution in [2.45, 2.75) is 0 Å². The van der Waals surface area contributed by atoms with E-state index in [0.717, 1.165) is 0 Å². The first-order valence-corrected chi connectivity index (χ1v) is 7.37. The summed E-state index contributed by atoms with van der Waals surface area (Å²) in [7, 11) is 0. The zero-order valence-electron chi connectivity index (χ0n) is 12.4. The van der Waals surface area contributed by atoms with Gasteiger partial charge in [-0.1, -0.05) is 30.3 Å². The molecule has 24 heavy (non-hydrogen) atoms. The lowest BCUT2D eigenvalue weighted by atomic mass is 10.2. The third-order valence-electron chi connectivity index (χ3n) is 3.87. The van der Waals surface area contributed by atoms with Gasteiger partial charge in [-0.15, -0.1) is 0 Å². The van der Waals surface area contributed by atoms with Gasteiger partial charge in [-0.2, -0.15) is 0 Å². The van der Waals surface area contributed by atoms with Gasteiger partial charge in [0.05, 0.1) is 16.6 Å². The van der Waals surface area contributed by atoms with Gasteiger partial charge in [0.15, 0.2) is 0 Å². The Hall–Kier alpha value is -3.21. The molecule has 0 spiro atoms. The second-order valence-corrected chi connectivity index (χ2v) is 5.35. The van der Waals surface area contributed by atoms with Gasteiger partial charge in [0.1, 0.15) is 28.9 Å². The van der Waals surface area contributed by atoms with Crippen LogP contribution in [0.5, 0.6) is 5.75 Å². The lowest BCUT2D eigenvalue weighted by Gasteiger charge is -2.12. The summed E-state index contributed by atoms with van der Waals surface area (Å²) in [5, 5.41) is 10.2. The van der Waals surface area contributed by atoms with Gasteiger partial charge < -0.3 is 5.11 Å². The van der Waals surface area contributed by atoms with E-state index in [1.165, 1.54) is 28.8 Å². The Morgan fingerprint density at radius 3 is 2.21 bits per heavy atom. The van der Waals surface area contributed by atoms with Crippen molar-refractivity contribution in [3.63, 3.8) is 0 Å². The standard InChI is InChI=1S/C19H12F2N2O/c20-13-7-5-8-14(21)18(13)23-16-10-3-2-9-15(16)22-19(23)12-6-1-4-11-17(12)24/h1-11,24H. The van der Waals surface area contributed by atoms with Gasteiger partial charge in [-0.25, -0.2) is 13.8 Å². The van der Waals surface area contributed by atoms with Crippen molar-refractivity contribution in [2.75, 3.05) is 0 Å². The molecule has 0 atom stereocenters. The first-order valence-electron chi connectivity index (χ1n) is 7.37. The predicted octanol–water partition coefficient (Wildman–Crippen LogP) is 4.68. The first-order chi connectivity index (χ1) is 11.7. The molecule has 1 heterocycles. The van der Waals surface area contributed by atoms with Gasteiger partial charge in [0.25, 0.3) is 0 Å². The van der Waals surface area contributed by atoms with Crippen LogP contribution < -0.4 is 0 Å². The van der Waals surface area contributed by atoms with Crippen molar-refractivity contribution in [1.82, 2.24) is 9.55 Å². The number of aromatic hydroxyl groups is 1. The summed E-state index contributed by atoms with van der Waals surface area (Å²) < 4.78 is 30.2. The fraction of sp³-hybridized carbons (Fsp3) is 0. The van der Waals surface area contributed by atoms with E-state index >= 15 is 0 Å². The Bertz CT molecular complexity index is 1040. The Kier molecular flexibility index (Phi) is 3.27. The molecule has 3 nitrogen and oxygen atoms in total. The van der Waals surface area contributed by atoms with Crippen molar-refractivity contribution >= 4 is 11.0 Å². The molecule has 0 aliphatic carbocycles. The summed E-state index contributed by atoms with van der Waals surface area (Å²) >= 11 is 0. The van der Waals surface area contributed by atoms with Crippen LogP contribution in [0, 0.1) is 11.6 Å². The average molecular weight is 322 g/mol. The zero-order chi connectivity index (χ0) is 16.7. The number of hydrogen-bond acceptors (Lipinski definition) is 2. The zero-order valence-corrected chi connectivity index (χ0v) is 12.4. The second-order valence-electron chi connectivity index (χ2n) is 5.35. The Morgan fingerprint density at radius 1 is 0.792 bits per heavy atom. The van der Waals surface area contributed by atoms with E-state index < -0.39 is 11.6 Å². The fourth-order valence-electron chi connectivity index (χ4n) is 2.80. The summed E-state index contributed by atoms with van der Waals surface area (Å²) in [5.41, 5.74) is 1.32. The van der Waals surface area contributed by atoms with E-state index in [0.29, 0.717) is 16.6 Å². The maximum Gasteiger partial charge on any atom is 0.150 e. The van der Waals surface area contributed by atoms with E-state index in [9.17, 15) is 13.9 Å². The smallest absolute Gasteiger partial charge is 0.150 e. The van der Waals surface area contributed by atoms with Crippen molar-refractivity contribution in [2.24, 2.45) is 0 Å². The number of para-hydroxylation sites is 4. The van der Waals surface area contributed by atoms with Crippen LogP contribution in [-0.2, 0) is 0 Å². The van der Waals surface area contributed by atoms with Gasteiger partial charge in [-0.05, 0) is 36.4 Å². The van der Waals surface area contributed by atoms with E-state index in [4.69, 9.17) is 0 Å². The molecule has 1 N–H and O–H groups in total. The third kappa shape index (κ3) is 2.13. The lowest BCUT2D eigenvalue weighted by Crippen LogP contribution is -2.03. The molecule has 0 amide bonds. The molecule has 0 radical (unpaired) electrons. The molecular formula is C19H12F2N2O. The van der Waals surface area contributed by atoms with Crippen LogP contribution in [0.3, 0.4) is 0 Å². The molecule has 5 heteroatoms. The molecule has 0 unspecified atom stereocenters. The summed E-state index contributed by atoms with van der Waals surface area (Å²) in [5.74, 6) is -1.13. The predicted molar refractivity (Wildman–Crippen MR) is 88.1 cm³/mol. The topological polar surface area (TPSA) is 38.1 Å². The maximum absolute atomic E-state index is 14.4. The van der Waals surface area contributed by atoms with Crippen molar-refractivity contribution < 1.29 is 13.9 Å². The largest absolute Gasteiger partial charge is 0.507 e. The highest BCUT2D eigenvalue weighted by Crippen LogP contribution is 2.34. The van der Waals surface area contributed by atoms with Crippen LogP contribution in [0.25, 0.3) is 28.1 Å². The first kappa shape index (κ1) is 14.4. The minimum atomic E-state index is -0.699.